The van der Waals surface area contributed by atoms with E-state index < -0.39 is 59.4 Å². The molecule has 0 amide bonds. The molecule has 0 aliphatic heterocycles. The van der Waals surface area contributed by atoms with E-state index in [1.807, 2.05) is 13.8 Å². The van der Waals surface area contributed by atoms with Crippen LogP contribution in [0.25, 0.3) is 0 Å². The molecule has 1 aromatic carbocycles. The predicted octanol–water partition coefficient (Wildman–Crippen LogP) is 6.37. The lowest BCUT2D eigenvalue weighted by Crippen LogP contribution is -2.59. The molecule has 1 rings (SSSR count). The quantitative estimate of drug-likeness (QED) is 0.121. The van der Waals surface area contributed by atoms with Crippen molar-refractivity contribution in [1.29, 1.82) is 0 Å². The van der Waals surface area contributed by atoms with Gasteiger partial charge in [0.25, 0.3) is 5.72 Å². The zero-order chi connectivity index (χ0) is 31.8. The van der Waals surface area contributed by atoms with Crippen LogP contribution in [0, 0.1) is 0 Å². The second-order valence-electron chi connectivity index (χ2n) is 12.1. The molecule has 41 heavy (non-hydrogen) atoms. The molecule has 1 atom stereocenters. The van der Waals surface area contributed by atoms with E-state index in [0.717, 1.165) is 0 Å². The van der Waals surface area contributed by atoms with Crippen LogP contribution in [0.1, 0.15) is 94.6 Å². The van der Waals surface area contributed by atoms with Crippen LogP contribution in [0.4, 0.5) is 14.4 Å². The number of nitrogens with one attached hydrogen (secondary N) is 1. The summed E-state index contributed by atoms with van der Waals surface area (Å²) in [7, 11) is 0. The molecule has 0 bridgehead atoms. The minimum absolute atomic E-state index is 0.178. The molecule has 0 radical (unpaired) electrons. The van der Waals surface area contributed by atoms with E-state index >= 15 is 0 Å². The third-order valence-corrected chi connectivity index (χ3v) is 5.78. The average molecular weight is 584 g/mol. The second-order valence-corrected chi connectivity index (χ2v) is 12.1. The third-order valence-electron chi connectivity index (χ3n) is 5.78. The van der Waals surface area contributed by atoms with Gasteiger partial charge in [0.05, 0.1) is 0 Å². The van der Waals surface area contributed by atoms with Gasteiger partial charge in [0.15, 0.2) is 11.5 Å². The summed E-state index contributed by atoms with van der Waals surface area (Å²) < 4.78 is 31.9. The SMILES string of the molecule is CCC(C)(C)OC(=O)Oc1ccc(C[C@](NC(C)C)(OC(=O)OC(C)(C)C)C(=O)O)cc1OC(=O)OC(C)(C)CC. The highest BCUT2D eigenvalue weighted by Gasteiger charge is 2.45. The van der Waals surface area contributed by atoms with Crippen molar-refractivity contribution in [3.05, 3.63) is 23.8 Å². The lowest BCUT2D eigenvalue weighted by atomic mass is 10.0. The van der Waals surface area contributed by atoms with E-state index in [2.05, 4.69) is 5.32 Å². The molecule has 0 saturated heterocycles. The maximum Gasteiger partial charge on any atom is 0.514 e. The minimum Gasteiger partial charge on any atom is -0.477 e. The van der Waals surface area contributed by atoms with Crippen molar-refractivity contribution in [3.8, 4) is 11.5 Å². The number of carbonyl (C=O) groups excluding carboxylic acids is 3. The van der Waals surface area contributed by atoms with Crippen LogP contribution >= 0.6 is 0 Å². The van der Waals surface area contributed by atoms with Gasteiger partial charge in [0, 0.05) is 12.5 Å². The van der Waals surface area contributed by atoms with E-state index in [1.54, 1.807) is 62.3 Å². The fourth-order valence-corrected chi connectivity index (χ4v) is 3.11. The Bertz CT molecular complexity index is 1090. The average Bonchev–Trinajstić information content (AvgIpc) is 2.78. The van der Waals surface area contributed by atoms with Crippen LogP contribution < -0.4 is 14.8 Å². The van der Waals surface area contributed by atoms with Crippen LogP contribution in [0.15, 0.2) is 18.2 Å². The Morgan fingerprint density at radius 2 is 1.24 bits per heavy atom. The number of ether oxygens (including phenoxy) is 6. The molecule has 2 N–H and O–H groups in total. The molecule has 0 aliphatic carbocycles. The smallest absolute Gasteiger partial charge is 0.477 e. The van der Waals surface area contributed by atoms with Crippen molar-refractivity contribution in [2.75, 3.05) is 0 Å². The lowest BCUT2D eigenvalue weighted by molar-refractivity contribution is -0.169. The third kappa shape index (κ3) is 12.2. The Morgan fingerprint density at radius 1 is 0.756 bits per heavy atom. The van der Waals surface area contributed by atoms with Crippen molar-refractivity contribution < 1.29 is 52.7 Å². The van der Waals surface area contributed by atoms with Crippen LogP contribution in [0.2, 0.25) is 0 Å². The van der Waals surface area contributed by atoms with Crippen LogP contribution in [-0.4, -0.2) is 58.1 Å². The Hall–Kier alpha value is -3.54. The summed E-state index contributed by atoms with van der Waals surface area (Å²) in [6.45, 7) is 18.6. The molecule has 0 aliphatic rings. The van der Waals surface area contributed by atoms with Gasteiger partial charge in [-0.1, -0.05) is 19.9 Å². The molecular weight excluding hydrogens is 538 g/mol. The molecule has 0 spiro atoms. The summed E-state index contributed by atoms with van der Waals surface area (Å²) in [5.74, 6) is -1.91. The summed E-state index contributed by atoms with van der Waals surface area (Å²) in [6, 6.07) is 3.58. The molecule has 232 valence electrons. The number of carbonyl (C=O) groups is 4. The summed E-state index contributed by atoms with van der Waals surface area (Å²) >= 11 is 0. The molecule has 0 saturated carbocycles. The first-order valence-electron chi connectivity index (χ1n) is 13.5. The topological polar surface area (TPSA) is 156 Å². The largest absolute Gasteiger partial charge is 0.514 e. The van der Waals surface area contributed by atoms with Crippen molar-refractivity contribution in [1.82, 2.24) is 5.32 Å². The summed E-state index contributed by atoms with van der Waals surface area (Å²) in [4.78, 5) is 50.1. The van der Waals surface area contributed by atoms with E-state index in [4.69, 9.17) is 28.4 Å². The van der Waals surface area contributed by atoms with E-state index in [0.29, 0.717) is 12.8 Å². The molecule has 1 aromatic rings. The normalized spacial score (nSPS) is 13.6. The van der Waals surface area contributed by atoms with Crippen LogP contribution in [0.5, 0.6) is 11.5 Å². The van der Waals surface area contributed by atoms with Gasteiger partial charge < -0.3 is 33.5 Å². The number of carboxylic acids is 1. The first-order chi connectivity index (χ1) is 18.6. The number of carboxylic acid groups (broad SMARTS) is 1. The molecule has 0 fully saturated rings. The van der Waals surface area contributed by atoms with Crippen molar-refractivity contribution in [3.63, 3.8) is 0 Å². The monoisotopic (exact) mass is 583 g/mol. The number of benzene rings is 1. The number of aliphatic carboxylic acids is 1. The second kappa shape index (κ2) is 13.9. The van der Waals surface area contributed by atoms with Crippen LogP contribution in [-0.2, 0) is 30.2 Å². The van der Waals surface area contributed by atoms with E-state index in [9.17, 15) is 24.3 Å². The highest BCUT2D eigenvalue weighted by atomic mass is 16.8. The van der Waals surface area contributed by atoms with Gasteiger partial charge in [-0.05, 0) is 92.9 Å². The first kappa shape index (κ1) is 35.5. The predicted molar refractivity (Wildman–Crippen MR) is 149 cm³/mol. The molecular formula is C29H45NO11. The lowest BCUT2D eigenvalue weighted by Gasteiger charge is -2.33. The van der Waals surface area contributed by atoms with E-state index in [1.165, 1.54) is 18.2 Å². The Kier molecular flexibility index (Phi) is 12.0. The summed E-state index contributed by atoms with van der Waals surface area (Å²) in [5, 5.41) is 12.9. The molecule has 12 heteroatoms. The van der Waals surface area contributed by atoms with E-state index in [-0.39, 0.29) is 17.1 Å². The molecule has 0 unspecified atom stereocenters. The molecule has 12 nitrogen and oxygen atoms in total. The van der Waals surface area contributed by atoms with Gasteiger partial charge in [-0.25, -0.2) is 19.2 Å². The van der Waals surface area contributed by atoms with Gasteiger partial charge in [0.1, 0.15) is 16.8 Å². The zero-order valence-corrected chi connectivity index (χ0v) is 26.0. The number of rotatable bonds is 12. The summed E-state index contributed by atoms with van der Waals surface area (Å²) in [6.07, 6.45) is -2.72. The minimum atomic E-state index is -2.26. The zero-order valence-electron chi connectivity index (χ0n) is 26.0. The number of hydrogen-bond donors (Lipinski definition) is 2. The molecule has 0 heterocycles. The standard InChI is InChI=1S/C29H45NO11/c1-12-27(8,9)39-23(33)36-20-15-14-19(16-21(20)37-24(34)40-28(10,11)13-2)17-29(22(31)32,30-18(3)4)41-25(35)38-26(5,6)7/h14-16,18,30H,12-13,17H2,1-11H3,(H,31,32)/t29-/m0/s1. The number of hydrogen-bond acceptors (Lipinski definition) is 11. The summed E-state index contributed by atoms with van der Waals surface area (Å²) in [5.41, 5.74) is -4.61. The maximum absolute atomic E-state index is 12.6. The Labute approximate surface area is 241 Å². The first-order valence-corrected chi connectivity index (χ1v) is 13.5. The van der Waals surface area contributed by atoms with Crippen molar-refractivity contribution in [2.24, 2.45) is 0 Å². The Morgan fingerprint density at radius 3 is 1.66 bits per heavy atom. The highest BCUT2D eigenvalue weighted by Crippen LogP contribution is 2.32. The maximum atomic E-state index is 12.6. The van der Waals surface area contributed by atoms with Gasteiger partial charge in [-0.15, -0.1) is 0 Å². The molecule has 0 aromatic heterocycles. The fourth-order valence-electron chi connectivity index (χ4n) is 3.11. The Balaban J connectivity index is 3.51. The van der Waals surface area contributed by atoms with Gasteiger partial charge >= 0.3 is 24.4 Å². The van der Waals surface area contributed by atoms with Gasteiger partial charge in [-0.2, -0.15) is 0 Å². The highest BCUT2D eigenvalue weighted by molar-refractivity contribution is 5.80. The van der Waals surface area contributed by atoms with Crippen molar-refractivity contribution >= 4 is 24.4 Å². The van der Waals surface area contributed by atoms with Crippen LogP contribution in [0.3, 0.4) is 0 Å². The van der Waals surface area contributed by atoms with Gasteiger partial charge in [-0.3, -0.25) is 5.32 Å². The van der Waals surface area contributed by atoms with Gasteiger partial charge in [0.2, 0.25) is 0 Å². The fraction of sp³-hybridized carbons (Fsp3) is 0.655. The van der Waals surface area contributed by atoms with Crippen molar-refractivity contribution in [2.45, 2.75) is 124 Å².